The number of aryl methyl sites for hydroxylation is 1. The molecule has 0 aromatic heterocycles. The highest BCUT2D eigenvalue weighted by Crippen LogP contribution is 2.17. The molecule has 3 nitrogen and oxygen atoms in total. The average Bonchev–Trinajstić information content (AvgIpc) is 2.32. The minimum atomic E-state index is -0.218. The Labute approximate surface area is 114 Å². The van der Waals surface area contributed by atoms with Crippen molar-refractivity contribution in [3.8, 4) is 0 Å². The molecule has 2 atom stereocenters. The molecule has 0 amide bonds. The van der Waals surface area contributed by atoms with Gasteiger partial charge in [0, 0.05) is 12.1 Å². The fraction of sp³-hybridized carbons (Fsp3) is 0.533. The van der Waals surface area contributed by atoms with Crippen molar-refractivity contribution in [1.29, 1.82) is 0 Å². The number of esters is 1. The van der Waals surface area contributed by atoms with E-state index < -0.39 is 0 Å². The van der Waals surface area contributed by atoms with Crippen LogP contribution in [0.25, 0.3) is 0 Å². The maximum Gasteiger partial charge on any atom is 0.307 e. The molecule has 1 aromatic carbocycles. The lowest BCUT2D eigenvalue weighted by Crippen LogP contribution is -2.31. The Kier molecular flexibility index (Phi) is 5.96. The molecule has 0 saturated heterocycles. The molecule has 0 fully saturated rings. The summed E-state index contributed by atoms with van der Waals surface area (Å²) in [4.78, 5) is 11.3. The molecular formula is C15H22FNO2. The van der Waals surface area contributed by atoms with Crippen molar-refractivity contribution in [3.63, 3.8) is 0 Å². The first-order valence-corrected chi connectivity index (χ1v) is 6.61. The van der Waals surface area contributed by atoms with Crippen molar-refractivity contribution in [2.75, 3.05) is 6.61 Å². The molecule has 0 aliphatic rings. The predicted octanol–water partition coefficient (Wildman–Crippen LogP) is 3.13. The van der Waals surface area contributed by atoms with E-state index in [2.05, 4.69) is 5.32 Å². The Morgan fingerprint density at radius 2 is 2.11 bits per heavy atom. The number of nitrogens with one attached hydrogen (secondary N) is 1. The highest BCUT2D eigenvalue weighted by atomic mass is 19.1. The summed E-state index contributed by atoms with van der Waals surface area (Å²) in [6.07, 6.45) is 0.312. The molecule has 0 spiro atoms. The number of hydrogen-bond donors (Lipinski definition) is 1. The van der Waals surface area contributed by atoms with Gasteiger partial charge < -0.3 is 10.1 Å². The lowest BCUT2D eigenvalue weighted by molar-refractivity contribution is -0.143. The lowest BCUT2D eigenvalue weighted by Gasteiger charge is -2.20. The summed E-state index contributed by atoms with van der Waals surface area (Å²) in [5.41, 5.74) is 1.51. The molecule has 0 aliphatic carbocycles. The van der Waals surface area contributed by atoms with E-state index in [0.29, 0.717) is 18.6 Å². The third-order valence-electron chi connectivity index (χ3n) is 3.01. The third-order valence-corrected chi connectivity index (χ3v) is 3.01. The molecule has 0 bridgehead atoms. The van der Waals surface area contributed by atoms with E-state index in [1.165, 1.54) is 6.07 Å². The summed E-state index contributed by atoms with van der Waals surface area (Å²) >= 11 is 0. The molecule has 0 heterocycles. The summed E-state index contributed by atoms with van der Waals surface area (Å²) < 4.78 is 18.4. The molecule has 0 radical (unpaired) electrons. The molecular weight excluding hydrogens is 245 g/mol. The highest BCUT2D eigenvalue weighted by Gasteiger charge is 2.14. The Bertz CT molecular complexity index is 434. The number of benzene rings is 1. The Hall–Kier alpha value is -1.42. The average molecular weight is 267 g/mol. The number of hydrogen-bond acceptors (Lipinski definition) is 3. The monoisotopic (exact) mass is 267 g/mol. The zero-order valence-corrected chi connectivity index (χ0v) is 12.0. The van der Waals surface area contributed by atoms with Gasteiger partial charge in [-0.1, -0.05) is 12.1 Å². The van der Waals surface area contributed by atoms with Crippen molar-refractivity contribution in [1.82, 2.24) is 5.32 Å². The zero-order valence-electron chi connectivity index (χ0n) is 12.0. The van der Waals surface area contributed by atoms with Gasteiger partial charge >= 0.3 is 5.97 Å². The van der Waals surface area contributed by atoms with E-state index in [1.807, 2.05) is 19.9 Å². The molecule has 4 heteroatoms. The third kappa shape index (κ3) is 4.99. The van der Waals surface area contributed by atoms with Gasteiger partial charge in [0.2, 0.25) is 0 Å². The van der Waals surface area contributed by atoms with E-state index in [9.17, 15) is 9.18 Å². The van der Waals surface area contributed by atoms with Crippen molar-refractivity contribution in [2.45, 2.75) is 46.2 Å². The van der Waals surface area contributed by atoms with Gasteiger partial charge in [-0.3, -0.25) is 4.79 Å². The second-order valence-corrected chi connectivity index (χ2v) is 4.81. The van der Waals surface area contributed by atoms with E-state index in [1.54, 1.807) is 19.9 Å². The van der Waals surface area contributed by atoms with Crippen LogP contribution in [0.1, 0.15) is 44.4 Å². The number of rotatable bonds is 6. The lowest BCUT2D eigenvalue weighted by atomic mass is 10.0. The van der Waals surface area contributed by atoms with Crippen molar-refractivity contribution in [2.24, 2.45) is 0 Å². The molecule has 0 aliphatic heterocycles. The molecule has 1 rings (SSSR count). The number of ether oxygens (including phenoxy) is 1. The summed E-state index contributed by atoms with van der Waals surface area (Å²) in [5.74, 6) is -0.422. The van der Waals surface area contributed by atoms with Crippen molar-refractivity contribution < 1.29 is 13.9 Å². The van der Waals surface area contributed by atoms with Crippen LogP contribution in [0.3, 0.4) is 0 Å². The fourth-order valence-corrected chi connectivity index (χ4v) is 1.93. The standard InChI is InChI=1S/C15H22FNO2/c1-5-19-15(18)8-11(3)17-12(4)13-7-6-10(2)14(16)9-13/h6-7,9,11-12,17H,5,8H2,1-4H3. The second-order valence-electron chi connectivity index (χ2n) is 4.81. The van der Waals surface area contributed by atoms with E-state index in [0.717, 1.165) is 5.56 Å². The van der Waals surface area contributed by atoms with Crippen LogP contribution in [0.5, 0.6) is 0 Å². The molecule has 2 unspecified atom stereocenters. The Balaban J connectivity index is 2.56. The van der Waals surface area contributed by atoms with Crippen LogP contribution in [0.15, 0.2) is 18.2 Å². The van der Waals surface area contributed by atoms with Gasteiger partial charge in [0.1, 0.15) is 5.82 Å². The quantitative estimate of drug-likeness (QED) is 0.805. The van der Waals surface area contributed by atoms with Crippen LogP contribution < -0.4 is 5.32 Å². The molecule has 106 valence electrons. The highest BCUT2D eigenvalue weighted by molar-refractivity contribution is 5.70. The smallest absolute Gasteiger partial charge is 0.307 e. The first-order valence-electron chi connectivity index (χ1n) is 6.61. The molecule has 19 heavy (non-hydrogen) atoms. The summed E-state index contributed by atoms with van der Waals surface area (Å²) in [5, 5.41) is 3.26. The van der Waals surface area contributed by atoms with Crippen molar-refractivity contribution in [3.05, 3.63) is 35.1 Å². The Morgan fingerprint density at radius 3 is 2.68 bits per heavy atom. The van der Waals surface area contributed by atoms with Crippen molar-refractivity contribution >= 4 is 5.97 Å². The van der Waals surface area contributed by atoms with E-state index in [4.69, 9.17) is 4.74 Å². The summed E-state index contributed by atoms with van der Waals surface area (Å²) in [6, 6.07) is 5.16. The SMILES string of the molecule is CCOC(=O)CC(C)NC(C)c1ccc(C)c(F)c1. The topological polar surface area (TPSA) is 38.3 Å². The van der Waals surface area contributed by atoms with Gasteiger partial charge in [-0.05, 0) is 44.9 Å². The van der Waals surface area contributed by atoms with Gasteiger partial charge in [-0.15, -0.1) is 0 Å². The summed E-state index contributed by atoms with van der Waals surface area (Å²) in [7, 11) is 0. The molecule has 0 saturated carbocycles. The largest absolute Gasteiger partial charge is 0.466 e. The molecule has 1 aromatic rings. The first kappa shape index (κ1) is 15.6. The zero-order chi connectivity index (χ0) is 14.4. The first-order chi connectivity index (χ1) is 8.93. The van der Waals surface area contributed by atoms with Gasteiger partial charge in [0.15, 0.2) is 0 Å². The number of carbonyl (C=O) groups excluding carboxylic acids is 1. The van der Waals surface area contributed by atoms with Gasteiger partial charge in [0.05, 0.1) is 13.0 Å². The van der Waals surface area contributed by atoms with Gasteiger partial charge in [-0.2, -0.15) is 0 Å². The Morgan fingerprint density at radius 1 is 1.42 bits per heavy atom. The second kappa shape index (κ2) is 7.24. The van der Waals surface area contributed by atoms with Gasteiger partial charge in [0.25, 0.3) is 0 Å². The van der Waals surface area contributed by atoms with Crippen LogP contribution >= 0.6 is 0 Å². The minimum absolute atomic E-state index is 0.0143. The maximum atomic E-state index is 13.5. The van der Waals surface area contributed by atoms with E-state index in [-0.39, 0.29) is 23.9 Å². The predicted molar refractivity (Wildman–Crippen MR) is 73.4 cm³/mol. The molecule has 1 N–H and O–H groups in total. The van der Waals surface area contributed by atoms with E-state index >= 15 is 0 Å². The van der Waals surface area contributed by atoms with Gasteiger partial charge in [-0.25, -0.2) is 4.39 Å². The summed E-state index contributed by atoms with van der Waals surface area (Å²) in [6.45, 7) is 7.78. The fourth-order valence-electron chi connectivity index (χ4n) is 1.93. The van der Waals surface area contributed by atoms with Crippen LogP contribution in [0, 0.1) is 12.7 Å². The van der Waals surface area contributed by atoms with Crippen LogP contribution in [-0.4, -0.2) is 18.6 Å². The number of carbonyl (C=O) groups is 1. The van der Waals surface area contributed by atoms with Crippen LogP contribution in [-0.2, 0) is 9.53 Å². The van der Waals surface area contributed by atoms with Crippen LogP contribution in [0.4, 0.5) is 4.39 Å². The number of halogens is 1. The normalized spacial score (nSPS) is 13.9. The minimum Gasteiger partial charge on any atom is -0.466 e. The van der Waals surface area contributed by atoms with Crippen LogP contribution in [0.2, 0.25) is 0 Å². The maximum absolute atomic E-state index is 13.5.